The molecule has 148 valence electrons. The number of nitrogens with zero attached hydrogens (tertiary/aromatic N) is 3. The average Bonchev–Trinajstić information content (AvgIpc) is 2.57. The molecular weight excluding hydrogens is 344 g/mol. The van der Waals surface area contributed by atoms with Crippen molar-refractivity contribution in [2.45, 2.75) is 51.6 Å². The van der Waals surface area contributed by atoms with Crippen molar-refractivity contribution in [3.63, 3.8) is 0 Å². The Morgan fingerprint density at radius 1 is 1.50 bits per heavy atom. The quantitative estimate of drug-likeness (QED) is 0.127. The van der Waals surface area contributed by atoms with E-state index < -0.39 is 23.1 Å². The van der Waals surface area contributed by atoms with Gasteiger partial charge in [-0.25, -0.2) is 19.9 Å². The van der Waals surface area contributed by atoms with Crippen molar-refractivity contribution in [1.29, 1.82) is 0 Å². The second-order valence-electron chi connectivity index (χ2n) is 6.31. The van der Waals surface area contributed by atoms with Crippen LogP contribution in [0.4, 0.5) is 0 Å². The molecule has 0 unspecified atom stereocenters. The Kier molecular flexibility index (Phi) is 8.76. The third kappa shape index (κ3) is 6.82. The number of ether oxygens (including phenoxy) is 1. The minimum absolute atomic E-state index is 0.200. The largest absolute Gasteiger partial charge is 0.464 e. The maximum absolute atomic E-state index is 12.6. The van der Waals surface area contributed by atoms with Crippen molar-refractivity contribution in [3.8, 4) is 0 Å². The van der Waals surface area contributed by atoms with Gasteiger partial charge in [0.05, 0.1) is 12.6 Å². The number of piperidine rings is 1. The molecule has 1 rings (SSSR count). The van der Waals surface area contributed by atoms with Crippen LogP contribution in [0, 0.1) is 16.0 Å². The van der Waals surface area contributed by atoms with Gasteiger partial charge in [0.15, 0.2) is 5.03 Å². The third-order valence-electron chi connectivity index (χ3n) is 4.18. The molecule has 0 bridgehead atoms. The van der Waals surface area contributed by atoms with Gasteiger partial charge in [0.25, 0.3) is 5.96 Å². The van der Waals surface area contributed by atoms with E-state index in [1.54, 1.807) is 12.3 Å². The monoisotopic (exact) mass is 372 g/mol. The molecule has 11 nitrogen and oxygen atoms in total. The van der Waals surface area contributed by atoms with Gasteiger partial charge in [0.1, 0.15) is 6.04 Å². The smallest absolute Gasteiger partial charge is 0.328 e. The highest BCUT2D eigenvalue weighted by molar-refractivity contribution is 5.87. The van der Waals surface area contributed by atoms with Crippen LogP contribution in [0.5, 0.6) is 0 Å². The summed E-state index contributed by atoms with van der Waals surface area (Å²) < 4.78 is 5.08. The zero-order chi connectivity index (χ0) is 19.7. The third-order valence-corrected chi connectivity index (χ3v) is 4.18. The summed E-state index contributed by atoms with van der Waals surface area (Å²) in [5.74, 6) is -0.670. The van der Waals surface area contributed by atoms with Crippen molar-refractivity contribution in [2.24, 2.45) is 22.4 Å². The number of hydrazine groups is 1. The highest BCUT2D eigenvalue weighted by Gasteiger charge is 2.37. The number of guanidine groups is 1. The standard InChI is InChI=1S/C15H28N6O5/c1-3-26-14(23)12-9-10(2)6-8-20(12)13(22)11(16)5-4-7-18-15(17)19-21(24)25/h10-12H,3-9,16H2,1-2H3,(H3,17,18,19)/t10-,11+,12+/m0/s1. The Morgan fingerprint density at radius 2 is 2.19 bits per heavy atom. The first kappa shape index (κ1) is 21.6. The maximum atomic E-state index is 12.6. The Labute approximate surface area is 152 Å². The fourth-order valence-corrected chi connectivity index (χ4v) is 2.84. The van der Waals surface area contributed by atoms with Crippen LogP contribution in [0.2, 0.25) is 0 Å². The van der Waals surface area contributed by atoms with Gasteiger partial charge in [-0.15, -0.1) is 0 Å². The van der Waals surface area contributed by atoms with Gasteiger partial charge in [0, 0.05) is 13.1 Å². The lowest BCUT2D eigenvalue weighted by Gasteiger charge is -2.38. The van der Waals surface area contributed by atoms with Crippen LogP contribution in [0.25, 0.3) is 0 Å². The van der Waals surface area contributed by atoms with E-state index in [1.165, 1.54) is 4.90 Å². The molecule has 1 heterocycles. The first-order valence-corrected chi connectivity index (χ1v) is 8.69. The summed E-state index contributed by atoms with van der Waals surface area (Å²) in [7, 11) is 0. The number of carbonyl (C=O) groups is 2. The van der Waals surface area contributed by atoms with Gasteiger partial charge in [-0.3, -0.25) is 4.79 Å². The first-order chi connectivity index (χ1) is 12.3. The Balaban J connectivity index is 2.56. The molecule has 1 fully saturated rings. The van der Waals surface area contributed by atoms with Crippen LogP contribution in [-0.2, 0) is 14.3 Å². The van der Waals surface area contributed by atoms with Crippen LogP contribution in [0.1, 0.15) is 39.5 Å². The van der Waals surface area contributed by atoms with Crippen LogP contribution in [0.3, 0.4) is 0 Å². The van der Waals surface area contributed by atoms with E-state index >= 15 is 0 Å². The molecule has 0 aliphatic carbocycles. The molecule has 11 heteroatoms. The van der Waals surface area contributed by atoms with Gasteiger partial charge in [0.2, 0.25) is 5.91 Å². The number of likely N-dealkylation sites (tertiary alicyclic amines) is 1. The van der Waals surface area contributed by atoms with Crippen molar-refractivity contribution in [3.05, 3.63) is 10.1 Å². The normalized spacial score (nSPS) is 21.8. The number of hydrogen-bond acceptors (Lipinski definition) is 7. The molecule has 1 aliphatic heterocycles. The predicted molar refractivity (Wildman–Crippen MR) is 94.4 cm³/mol. The van der Waals surface area contributed by atoms with Crippen LogP contribution < -0.4 is 16.9 Å². The lowest BCUT2D eigenvalue weighted by atomic mass is 9.91. The Bertz CT molecular complexity index is 541. The molecule has 0 spiro atoms. The lowest BCUT2D eigenvalue weighted by Crippen LogP contribution is -2.55. The molecule has 0 aromatic heterocycles. The molecule has 0 aromatic carbocycles. The number of nitro groups is 1. The van der Waals surface area contributed by atoms with Crippen LogP contribution in [-0.4, -0.2) is 59.5 Å². The number of aliphatic imine (C=N–C) groups is 1. The fraction of sp³-hybridized carbons (Fsp3) is 0.800. The Hall–Kier alpha value is -2.43. The highest BCUT2D eigenvalue weighted by atomic mass is 16.7. The van der Waals surface area contributed by atoms with Gasteiger partial charge in [-0.05, 0) is 38.5 Å². The van der Waals surface area contributed by atoms with Gasteiger partial charge < -0.3 is 21.1 Å². The molecular formula is C15H28N6O5. The summed E-state index contributed by atoms with van der Waals surface area (Å²) in [4.78, 5) is 40.3. The molecule has 0 aromatic rings. The van der Waals surface area contributed by atoms with E-state index in [0.717, 1.165) is 6.42 Å². The summed E-state index contributed by atoms with van der Waals surface area (Å²) in [5.41, 5.74) is 13.0. The Morgan fingerprint density at radius 3 is 2.81 bits per heavy atom. The van der Waals surface area contributed by atoms with Gasteiger partial charge in [-0.1, -0.05) is 12.3 Å². The molecule has 5 N–H and O–H groups in total. The molecule has 3 atom stereocenters. The van der Waals surface area contributed by atoms with E-state index in [1.807, 2.05) is 6.92 Å². The summed E-state index contributed by atoms with van der Waals surface area (Å²) in [6, 6.07) is -1.38. The van der Waals surface area contributed by atoms with Crippen LogP contribution in [0.15, 0.2) is 4.99 Å². The van der Waals surface area contributed by atoms with E-state index in [0.29, 0.717) is 31.7 Å². The van der Waals surface area contributed by atoms with Crippen molar-refractivity contribution < 1.29 is 19.4 Å². The van der Waals surface area contributed by atoms with E-state index in [-0.39, 0.29) is 25.0 Å². The zero-order valence-electron chi connectivity index (χ0n) is 15.2. The summed E-state index contributed by atoms with van der Waals surface area (Å²) in [6.07, 6.45) is 2.13. The maximum Gasteiger partial charge on any atom is 0.328 e. The van der Waals surface area contributed by atoms with Crippen LogP contribution >= 0.6 is 0 Å². The number of nitrogens with two attached hydrogens (primary N) is 2. The molecule has 1 saturated heterocycles. The van der Waals surface area contributed by atoms with Crippen molar-refractivity contribution in [2.75, 3.05) is 19.7 Å². The second kappa shape index (κ2) is 10.5. The minimum atomic E-state index is -0.805. The topological polar surface area (TPSA) is 166 Å². The van der Waals surface area contributed by atoms with Crippen molar-refractivity contribution >= 4 is 17.8 Å². The van der Waals surface area contributed by atoms with E-state index in [4.69, 9.17) is 16.2 Å². The number of rotatable bonds is 8. The number of hydrogen-bond donors (Lipinski definition) is 3. The molecule has 1 amide bonds. The average molecular weight is 372 g/mol. The van der Waals surface area contributed by atoms with Gasteiger partial charge in [-0.2, -0.15) is 0 Å². The first-order valence-electron chi connectivity index (χ1n) is 8.69. The fourth-order valence-electron chi connectivity index (χ4n) is 2.84. The lowest BCUT2D eigenvalue weighted by molar-refractivity contribution is -0.525. The highest BCUT2D eigenvalue weighted by Crippen LogP contribution is 2.24. The molecule has 0 radical (unpaired) electrons. The molecule has 1 aliphatic rings. The van der Waals surface area contributed by atoms with Gasteiger partial charge >= 0.3 is 5.97 Å². The van der Waals surface area contributed by atoms with E-state index in [2.05, 4.69) is 4.99 Å². The second-order valence-corrected chi connectivity index (χ2v) is 6.31. The summed E-state index contributed by atoms with van der Waals surface area (Å²) in [6.45, 7) is 4.69. The zero-order valence-corrected chi connectivity index (χ0v) is 15.2. The summed E-state index contributed by atoms with van der Waals surface area (Å²) in [5, 5.41) is 9.39. The number of carbonyl (C=O) groups excluding carboxylic acids is 2. The number of nitrogens with one attached hydrogen (secondary N) is 1. The number of amides is 1. The van der Waals surface area contributed by atoms with E-state index in [9.17, 15) is 19.7 Å². The molecule has 0 saturated carbocycles. The SMILES string of the molecule is CCOC(=O)[C@H]1C[C@@H](C)CCN1C(=O)[C@H](N)CCCN=C(N)N[N+](=O)[O-]. The summed E-state index contributed by atoms with van der Waals surface area (Å²) >= 11 is 0. The predicted octanol–water partition coefficient (Wildman–Crippen LogP) is -0.620. The van der Waals surface area contributed by atoms with Crippen molar-refractivity contribution in [1.82, 2.24) is 10.3 Å². The molecule has 26 heavy (non-hydrogen) atoms. The minimum Gasteiger partial charge on any atom is -0.464 e. The number of esters is 1.